The molecule has 0 radical (unpaired) electrons. The fraction of sp³-hybridized carbons (Fsp3) is 0.0625. The van der Waals surface area contributed by atoms with Crippen LogP contribution in [-0.2, 0) is 17.0 Å². The van der Waals surface area contributed by atoms with Gasteiger partial charge in [0.1, 0.15) is 11.6 Å². The Hall–Kier alpha value is -2.01. The number of benzene rings is 2. The molecule has 2 aromatic carbocycles. The number of nitrogens with two attached hydrogens (primary N) is 1. The monoisotopic (exact) mass is 412 g/mol. The molecule has 0 aliphatic rings. The van der Waals surface area contributed by atoms with Crippen LogP contribution >= 0.6 is 23.1 Å². The van der Waals surface area contributed by atoms with Gasteiger partial charge in [-0.3, -0.25) is 4.21 Å². The zero-order valence-corrected chi connectivity index (χ0v) is 15.5. The molecular weight excluding hydrogens is 400 g/mol. The van der Waals surface area contributed by atoms with Crippen molar-refractivity contribution in [2.75, 3.05) is 10.5 Å². The van der Waals surface area contributed by atoms with Gasteiger partial charge in [0.25, 0.3) is 0 Å². The first-order valence-corrected chi connectivity index (χ1v) is 10.1. The van der Waals surface area contributed by atoms with Crippen molar-refractivity contribution >= 4 is 45.2 Å². The Labute approximate surface area is 159 Å². The van der Waals surface area contributed by atoms with Crippen LogP contribution in [0.1, 0.15) is 5.56 Å². The van der Waals surface area contributed by atoms with Crippen molar-refractivity contribution in [2.45, 2.75) is 10.6 Å². The van der Waals surface area contributed by atoms with E-state index in [1.165, 1.54) is 23.5 Å². The van der Waals surface area contributed by atoms with E-state index < -0.39 is 22.9 Å². The number of hydrogen-bond acceptors (Lipinski definition) is 6. The average molecular weight is 412 g/mol. The van der Waals surface area contributed by atoms with Crippen LogP contribution in [-0.4, -0.2) is 13.7 Å². The van der Waals surface area contributed by atoms with Gasteiger partial charge in [0, 0.05) is 44.6 Å². The second-order valence-corrected chi connectivity index (χ2v) is 7.72. The molecule has 0 aliphatic carbocycles. The summed E-state index contributed by atoms with van der Waals surface area (Å²) in [7, 11) is 0. The predicted octanol–water partition coefficient (Wildman–Crippen LogP) is 4.17. The second kappa shape index (κ2) is 8.12. The topological polar surface area (TPSA) is 91.1 Å². The van der Waals surface area contributed by atoms with E-state index in [1.54, 1.807) is 23.6 Å². The summed E-state index contributed by atoms with van der Waals surface area (Å²) in [5.41, 5.74) is 8.08. The molecular formula is C16H12F2N3O2S3-. The van der Waals surface area contributed by atoms with Crippen LogP contribution in [0, 0.1) is 11.6 Å². The quantitative estimate of drug-likeness (QED) is 0.468. The van der Waals surface area contributed by atoms with Gasteiger partial charge >= 0.3 is 0 Å². The van der Waals surface area contributed by atoms with Gasteiger partial charge in [0.05, 0.1) is 5.69 Å². The summed E-state index contributed by atoms with van der Waals surface area (Å²) in [5.74, 6) is -1.05. The minimum atomic E-state index is -2.50. The summed E-state index contributed by atoms with van der Waals surface area (Å²) in [5, 5.41) is 2.22. The summed E-state index contributed by atoms with van der Waals surface area (Å²) in [6, 6.07) is 8.42. The standard InChI is InChI=1S/C16H13F2N3O2S3/c17-11-2-4-15(12(18)6-11)24-7-10-5-9(14-8-25-16(19)20-14)1-3-13(10)21-26(22)23/h1-6,8,21H,7H2,(H2,19,20)(H,22,23)/p-1. The van der Waals surface area contributed by atoms with Crippen LogP contribution in [0.3, 0.4) is 0 Å². The van der Waals surface area contributed by atoms with Gasteiger partial charge in [-0.2, -0.15) is 0 Å². The number of nitrogens with zero attached hydrogens (tertiary/aromatic N) is 1. The highest BCUT2D eigenvalue weighted by Gasteiger charge is 2.11. The van der Waals surface area contributed by atoms with E-state index in [-0.39, 0.29) is 10.6 Å². The molecule has 0 amide bonds. The molecule has 0 aliphatic heterocycles. The van der Waals surface area contributed by atoms with Crippen LogP contribution < -0.4 is 10.5 Å². The van der Waals surface area contributed by atoms with Gasteiger partial charge in [0.15, 0.2) is 5.13 Å². The Morgan fingerprint density at radius 1 is 1.27 bits per heavy atom. The van der Waals surface area contributed by atoms with Crippen molar-refractivity contribution in [3.8, 4) is 11.3 Å². The maximum atomic E-state index is 13.8. The minimum absolute atomic E-state index is 0.268. The van der Waals surface area contributed by atoms with Gasteiger partial charge in [-0.25, -0.2) is 13.8 Å². The van der Waals surface area contributed by atoms with Crippen LogP contribution in [0.5, 0.6) is 0 Å². The number of halogens is 2. The summed E-state index contributed by atoms with van der Waals surface area (Å²) in [4.78, 5) is 4.47. The number of anilines is 2. The number of hydrogen-bond donors (Lipinski definition) is 2. The molecule has 1 atom stereocenters. The summed E-state index contributed by atoms with van der Waals surface area (Å²) < 4.78 is 51.2. The lowest BCUT2D eigenvalue weighted by Gasteiger charge is -2.15. The highest BCUT2D eigenvalue weighted by molar-refractivity contribution is 7.98. The van der Waals surface area contributed by atoms with Gasteiger partial charge in [-0.05, 0) is 29.8 Å². The minimum Gasteiger partial charge on any atom is -0.755 e. The average Bonchev–Trinajstić information content (AvgIpc) is 3.01. The number of nitrogen functional groups attached to an aromatic ring is 1. The normalized spacial score (nSPS) is 12.1. The first kappa shape index (κ1) is 18.8. The molecule has 0 fully saturated rings. The van der Waals surface area contributed by atoms with Crippen molar-refractivity contribution in [3.05, 3.63) is 59.0 Å². The van der Waals surface area contributed by atoms with Crippen molar-refractivity contribution < 1.29 is 17.5 Å². The fourth-order valence-corrected chi connectivity index (χ4v) is 4.09. The predicted molar refractivity (Wildman–Crippen MR) is 100 cm³/mol. The van der Waals surface area contributed by atoms with E-state index in [0.29, 0.717) is 22.1 Å². The van der Waals surface area contributed by atoms with Crippen molar-refractivity contribution in [2.24, 2.45) is 0 Å². The Morgan fingerprint density at radius 3 is 2.73 bits per heavy atom. The number of aromatic nitrogens is 1. The van der Waals surface area contributed by atoms with Crippen LogP contribution in [0.4, 0.5) is 19.6 Å². The molecule has 1 heterocycles. The zero-order chi connectivity index (χ0) is 18.7. The maximum absolute atomic E-state index is 13.8. The van der Waals surface area contributed by atoms with Crippen molar-refractivity contribution in [1.29, 1.82) is 0 Å². The maximum Gasteiger partial charge on any atom is 0.180 e. The van der Waals surface area contributed by atoms with Crippen molar-refractivity contribution in [1.82, 2.24) is 4.98 Å². The molecule has 0 saturated carbocycles. The molecule has 5 nitrogen and oxygen atoms in total. The smallest absolute Gasteiger partial charge is 0.180 e. The first-order chi connectivity index (χ1) is 12.4. The van der Waals surface area contributed by atoms with E-state index in [2.05, 4.69) is 9.71 Å². The fourth-order valence-electron chi connectivity index (χ4n) is 2.23. The van der Waals surface area contributed by atoms with E-state index >= 15 is 0 Å². The molecule has 136 valence electrons. The van der Waals surface area contributed by atoms with Gasteiger partial charge in [-0.1, -0.05) is 6.07 Å². The Balaban J connectivity index is 1.89. The number of rotatable bonds is 6. The van der Waals surface area contributed by atoms with E-state index in [1.807, 2.05) is 0 Å². The number of thiazole rings is 1. The Kier molecular flexibility index (Phi) is 5.87. The van der Waals surface area contributed by atoms with Crippen LogP contribution in [0.15, 0.2) is 46.7 Å². The highest BCUT2D eigenvalue weighted by atomic mass is 32.2. The van der Waals surface area contributed by atoms with Crippen LogP contribution in [0.2, 0.25) is 0 Å². The van der Waals surface area contributed by atoms with Gasteiger partial charge < -0.3 is 15.0 Å². The Bertz CT molecular complexity index is 966. The molecule has 0 spiro atoms. The summed E-state index contributed by atoms with van der Waals surface area (Å²) >= 11 is -0.0662. The van der Waals surface area contributed by atoms with E-state index in [4.69, 9.17) is 5.73 Å². The molecule has 0 saturated heterocycles. The molecule has 3 N–H and O–H groups in total. The van der Waals surface area contributed by atoms with E-state index in [9.17, 15) is 17.5 Å². The molecule has 3 aromatic rings. The lowest BCUT2D eigenvalue weighted by atomic mass is 10.1. The summed E-state index contributed by atoms with van der Waals surface area (Å²) in [6.07, 6.45) is 0. The number of nitrogens with one attached hydrogen (secondary N) is 1. The van der Waals surface area contributed by atoms with Crippen molar-refractivity contribution in [3.63, 3.8) is 0 Å². The molecule has 10 heteroatoms. The largest absolute Gasteiger partial charge is 0.755 e. The lowest BCUT2D eigenvalue weighted by Crippen LogP contribution is -2.05. The lowest BCUT2D eigenvalue weighted by molar-refractivity contribution is 0.542. The van der Waals surface area contributed by atoms with Gasteiger partial charge in [0.2, 0.25) is 0 Å². The SMILES string of the molecule is Nc1nc(-c2ccc(NS(=O)[O-])c(CSc3ccc(F)cc3F)c2)cs1. The molecule has 0 bridgehead atoms. The zero-order valence-electron chi connectivity index (χ0n) is 13.1. The third-order valence-corrected chi connectivity index (χ3v) is 5.55. The molecule has 3 rings (SSSR count). The highest BCUT2D eigenvalue weighted by Crippen LogP contribution is 2.32. The molecule has 26 heavy (non-hydrogen) atoms. The van der Waals surface area contributed by atoms with E-state index in [0.717, 1.165) is 23.4 Å². The van der Waals surface area contributed by atoms with Gasteiger partial charge in [-0.15, -0.1) is 23.1 Å². The summed E-state index contributed by atoms with van der Waals surface area (Å²) in [6.45, 7) is 0. The third kappa shape index (κ3) is 4.58. The second-order valence-electron chi connectivity index (χ2n) is 5.14. The Morgan fingerprint density at radius 2 is 2.08 bits per heavy atom. The third-order valence-electron chi connectivity index (χ3n) is 3.39. The number of thioether (sulfide) groups is 1. The molecule has 1 unspecified atom stereocenters. The van der Waals surface area contributed by atoms with Crippen LogP contribution in [0.25, 0.3) is 11.3 Å². The first-order valence-electron chi connectivity index (χ1n) is 7.20. The molecule has 1 aromatic heterocycles.